The Kier molecular flexibility index (Phi) is 7.35. The van der Waals surface area contributed by atoms with Crippen LogP contribution in [0, 0.1) is 0 Å². The molecule has 0 bridgehead atoms. The Balaban J connectivity index is 0. The summed E-state index contributed by atoms with van der Waals surface area (Å²) in [6.07, 6.45) is -0.295. The maximum absolute atomic E-state index is 11.4. The van der Waals surface area contributed by atoms with Crippen molar-refractivity contribution in [2.75, 3.05) is 6.67 Å². The van der Waals surface area contributed by atoms with Gasteiger partial charge in [-0.05, 0) is 0 Å². The van der Waals surface area contributed by atoms with Crippen molar-refractivity contribution >= 4 is 18.4 Å². The van der Waals surface area contributed by atoms with E-state index in [0.717, 1.165) is 0 Å². The predicted molar refractivity (Wildman–Crippen MR) is 33.5 cm³/mol. The van der Waals surface area contributed by atoms with E-state index in [1.807, 2.05) is 0 Å². The molecule has 0 amide bonds. The largest absolute Gasteiger partial charge is 0.481 e. The minimum Gasteiger partial charge on any atom is -0.481 e. The van der Waals surface area contributed by atoms with Gasteiger partial charge in [-0.25, -0.2) is 4.39 Å². The molecule has 0 aliphatic heterocycles. The number of carboxylic acid groups (broad SMARTS) is 1. The molecule has 0 spiro atoms. The van der Waals surface area contributed by atoms with Crippen LogP contribution in [0.1, 0.15) is 6.42 Å². The Hall–Kier alpha value is -0.350. The topological polar surface area (TPSA) is 63.3 Å². The van der Waals surface area contributed by atoms with Crippen LogP contribution in [0.15, 0.2) is 0 Å². The molecule has 0 saturated heterocycles. The average molecular weight is 158 g/mol. The molecule has 56 valence electrons. The van der Waals surface area contributed by atoms with E-state index < -0.39 is 18.7 Å². The predicted octanol–water partition coefficient (Wildman–Crippen LogP) is 0.180. The van der Waals surface area contributed by atoms with E-state index in [2.05, 4.69) is 0 Å². The molecule has 0 aromatic carbocycles. The highest BCUT2D eigenvalue weighted by Gasteiger charge is 2.05. The van der Waals surface area contributed by atoms with Crippen LogP contribution >= 0.6 is 12.4 Å². The normalized spacial score (nSPS) is 11.8. The second-order valence-corrected chi connectivity index (χ2v) is 1.51. The first-order chi connectivity index (χ1) is 3.66. The fourth-order valence-corrected chi connectivity index (χ4v) is 0.279. The highest BCUT2D eigenvalue weighted by Crippen LogP contribution is 1.86. The maximum atomic E-state index is 11.4. The summed E-state index contributed by atoms with van der Waals surface area (Å²) in [5.41, 5.74) is 4.92. The number of carboxylic acids is 1. The molecule has 0 aliphatic rings. The van der Waals surface area contributed by atoms with Crippen molar-refractivity contribution in [2.24, 2.45) is 5.73 Å². The van der Waals surface area contributed by atoms with Crippen molar-refractivity contribution in [1.82, 2.24) is 0 Å². The van der Waals surface area contributed by atoms with Crippen molar-refractivity contribution in [2.45, 2.75) is 12.5 Å². The number of halogens is 2. The minimum absolute atomic E-state index is 0. The van der Waals surface area contributed by atoms with Crippen LogP contribution in [-0.2, 0) is 4.79 Å². The van der Waals surface area contributed by atoms with E-state index in [1.165, 1.54) is 0 Å². The first kappa shape index (κ1) is 11.4. The zero-order valence-electron chi connectivity index (χ0n) is 4.71. The van der Waals surface area contributed by atoms with Gasteiger partial charge in [0.25, 0.3) is 0 Å². The molecule has 3 nitrogen and oxygen atoms in total. The molecule has 0 fully saturated rings. The van der Waals surface area contributed by atoms with Crippen molar-refractivity contribution in [3.8, 4) is 0 Å². The van der Waals surface area contributed by atoms with Gasteiger partial charge < -0.3 is 10.8 Å². The van der Waals surface area contributed by atoms with Gasteiger partial charge in [0.2, 0.25) is 0 Å². The van der Waals surface area contributed by atoms with Gasteiger partial charge in [0.15, 0.2) is 0 Å². The molecule has 1 unspecified atom stereocenters. The highest BCUT2D eigenvalue weighted by atomic mass is 35.5. The zero-order valence-corrected chi connectivity index (χ0v) is 5.53. The number of alkyl halides is 1. The zero-order chi connectivity index (χ0) is 6.57. The summed E-state index contributed by atoms with van der Waals surface area (Å²) in [6, 6.07) is -0.840. The Bertz CT molecular complexity index is 90.6. The third kappa shape index (κ3) is 7.65. The Morgan fingerprint density at radius 1 is 1.78 bits per heavy atom. The molecule has 1 atom stereocenters. The summed E-state index contributed by atoms with van der Waals surface area (Å²) >= 11 is 0. The molecule has 0 aromatic rings. The number of nitrogens with two attached hydrogens (primary N) is 1. The van der Waals surface area contributed by atoms with Gasteiger partial charge in [-0.2, -0.15) is 0 Å². The number of hydrogen-bond acceptors (Lipinski definition) is 2. The Labute approximate surface area is 58.4 Å². The van der Waals surface area contributed by atoms with Gasteiger partial charge in [-0.3, -0.25) is 4.79 Å². The van der Waals surface area contributed by atoms with Gasteiger partial charge in [0, 0.05) is 6.04 Å². The van der Waals surface area contributed by atoms with E-state index in [9.17, 15) is 9.18 Å². The van der Waals surface area contributed by atoms with Crippen LogP contribution in [0.3, 0.4) is 0 Å². The fourth-order valence-electron chi connectivity index (χ4n) is 0.279. The average Bonchev–Trinajstić information content (AvgIpc) is 1.65. The molecule has 0 radical (unpaired) electrons. The Morgan fingerprint density at radius 2 is 2.22 bits per heavy atom. The molecule has 3 N–H and O–H groups in total. The second-order valence-electron chi connectivity index (χ2n) is 1.51. The molecule has 0 heterocycles. The van der Waals surface area contributed by atoms with E-state index in [-0.39, 0.29) is 18.8 Å². The van der Waals surface area contributed by atoms with E-state index in [1.54, 1.807) is 0 Å². The number of hydrogen-bond donors (Lipinski definition) is 2. The molecular formula is C4H9ClFNO2. The monoisotopic (exact) mass is 157 g/mol. The summed E-state index contributed by atoms with van der Waals surface area (Å²) in [5.74, 6) is -1.06. The molecule has 0 saturated carbocycles. The minimum atomic E-state index is -1.06. The lowest BCUT2D eigenvalue weighted by atomic mass is 10.2. The van der Waals surface area contributed by atoms with E-state index >= 15 is 0 Å². The Morgan fingerprint density at radius 3 is 2.33 bits per heavy atom. The lowest BCUT2D eigenvalue weighted by Gasteiger charge is -1.99. The van der Waals surface area contributed by atoms with Crippen LogP contribution < -0.4 is 5.73 Å². The van der Waals surface area contributed by atoms with Crippen molar-refractivity contribution in [3.05, 3.63) is 0 Å². The molecule has 0 aliphatic carbocycles. The van der Waals surface area contributed by atoms with E-state index in [0.29, 0.717) is 0 Å². The smallest absolute Gasteiger partial charge is 0.305 e. The number of carbonyl (C=O) groups is 1. The second kappa shape index (κ2) is 5.78. The van der Waals surface area contributed by atoms with Gasteiger partial charge >= 0.3 is 5.97 Å². The lowest BCUT2D eigenvalue weighted by molar-refractivity contribution is -0.137. The van der Waals surface area contributed by atoms with Crippen LogP contribution in [0.4, 0.5) is 4.39 Å². The van der Waals surface area contributed by atoms with Gasteiger partial charge in [-0.15, -0.1) is 12.4 Å². The van der Waals surface area contributed by atoms with Crippen molar-refractivity contribution < 1.29 is 14.3 Å². The lowest BCUT2D eigenvalue weighted by Crippen LogP contribution is -2.25. The summed E-state index contributed by atoms with van der Waals surface area (Å²) in [6.45, 7) is -0.772. The summed E-state index contributed by atoms with van der Waals surface area (Å²) in [4.78, 5) is 9.72. The summed E-state index contributed by atoms with van der Waals surface area (Å²) in [5, 5.41) is 7.97. The maximum Gasteiger partial charge on any atom is 0.305 e. The third-order valence-corrected chi connectivity index (χ3v) is 0.635. The molecule has 5 heteroatoms. The first-order valence-corrected chi connectivity index (χ1v) is 2.20. The molecule has 0 aromatic heterocycles. The summed E-state index contributed by atoms with van der Waals surface area (Å²) in [7, 11) is 0. The van der Waals surface area contributed by atoms with Gasteiger partial charge in [0.05, 0.1) is 6.42 Å². The number of aliphatic carboxylic acids is 1. The summed E-state index contributed by atoms with van der Waals surface area (Å²) < 4.78 is 11.4. The van der Waals surface area contributed by atoms with Crippen molar-refractivity contribution in [1.29, 1.82) is 0 Å². The standard InChI is InChI=1S/C4H8FNO2.ClH/c5-2-3(6)1-4(7)8;/h3H,1-2,6H2,(H,7,8);1H. The first-order valence-electron chi connectivity index (χ1n) is 2.20. The van der Waals surface area contributed by atoms with Crippen molar-refractivity contribution in [3.63, 3.8) is 0 Å². The molecule has 0 rings (SSSR count). The highest BCUT2D eigenvalue weighted by molar-refractivity contribution is 5.85. The van der Waals surface area contributed by atoms with Crippen LogP contribution in [-0.4, -0.2) is 23.8 Å². The number of rotatable bonds is 3. The van der Waals surface area contributed by atoms with Gasteiger partial charge in [-0.1, -0.05) is 0 Å². The molecule has 9 heavy (non-hydrogen) atoms. The van der Waals surface area contributed by atoms with E-state index in [4.69, 9.17) is 10.8 Å². The fraction of sp³-hybridized carbons (Fsp3) is 0.750. The van der Waals surface area contributed by atoms with Crippen LogP contribution in [0.2, 0.25) is 0 Å². The van der Waals surface area contributed by atoms with Gasteiger partial charge in [0.1, 0.15) is 6.67 Å². The van der Waals surface area contributed by atoms with Crippen LogP contribution in [0.25, 0.3) is 0 Å². The quantitative estimate of drug-likeness (QED) is 0.614. The SMILES string of the molecule is Cl.NC(CF)CC(=O)O. The third-order valence-electron chi connectivity index (χ3n) is 0.635. The van der Waals surface area contributed by atoms with Crippen LogP contribution in [0.5, 0.6) is 0 Å². The molecular weight excluding hydrogens is 148 g/mol.